The topological polar surface area (TPSA) is 11.3 Å². The van der Waals surface area contributed by atoms with Crippen molar-refractivity contribution in [2.75, 3.05) is 0 Å². The minimum atomic E-state index is -6.00. The van der Waals surface area contributed by atoms with Crippen LogP contribution >= 0.6 is 0 Å². The van der Waals surface area contributed by atoms with Gasteiger partial charge in [0.2, 0.25) is 0 Å². The molecule has 0 aliphatic carbocycles. The summed E-state index contributed by atoms with van der Waals surface area (Å²) in [4.78, 5) is 0. The van der Waals surface area contributed by atoms with Crippen LogP contribution in [0.15, 0.2) is 101 Å². The third-order valence-corrected chi connectivity index (χ3v) is 5.02. The fraction of sp³-hybridized carbons (Fsp3) is 0.148. The molecule has 0 unspecified atom stereocenters. The maximum atomic E-state index is 9.75. The van der Waals surface area contributed by atoms with Gasteiger partial charge in [-0.2, -0.15) is 0 Å². The summed E-state index contributed by atoms with van der Waals surface area (Å²) in [5, 5.41) is 0. The third kappa shape index (κ3) is 7.90. The van der Waals surface area contributed by atoms with E-state index in [9.17, 15) is 17.3 Å². The van der Waals surface area contributed by atoms with E-state index in [1.54, 1.807) is 0 Å². The van der Waals surface area contributed by atoms with Crippen LogP contribution in [0.5, 0.6) is 0 Å². The van der Waals surface area contributed by atoms with Crippen LogP contribution in [0.4, 0.5) is 17.3 Å². The normalized spacial score (nSPS) is 10.9. The molecule has 4 aromatic rings. The summed E-state index contributed by atoms with van der Waals surface area (Å²) in [6, 6.07) is 33.8. The average molecular weight is 452 g/mol. The van der Waals surface area contributed by atoms with Crippen molar-refractivity contribution in [1.29, 1.82) is 0 Å². The zero-order chi connectivity index (χ0) is 23.7. The second kappa shape index (κ2) is 11.5. The van der Waals surface area contributed by atoms with Crippen molar-refractivity contribution >= 4 is 7.25 Å². The number of benzene rings is 3. The van der Waals surface area contributed by atoms with E-state index >= 15 is 0 Å². The lowest BCUT2D eigenvalue weighted by Gasteiger charge is -2.05. The van der Waals surface area contributed by atoms with Gasteiger partial charge in [-0.15, -0.1) is 0 Å². The Morgan fingerprint density at radius 1 is 0.606 bits per heavy atom. The van der Waals surface area contributed by atoms with Crippen molar-refractivity contribution in [1.82, 2.24) is 0 Å². The molecule has 0 fully saturated rings. The molecule has 6 heteroatoms. The molecule has 0 spiro atoms. The van der Waals surface area contributed by atoms with Gasteiger partial charge in [0.05, 0.1) is 23.3 Å². The number of halogens is 4. The summed E-state index contributed by atoms with van der Waals surface area (Å²) >= 11 is 0. The Hall–Kier alpha value is -3.41. The minimum Gasteiger partial charge on any atom is -0.418 e. The highest BCUT2D eigenvalue weighted by molar-refractivity contribution is 6.50. The van der Waals surface area contributed by atoms with Crippen LogP contribution in [-0.4, -0.2) is 7.25 Å². The van der Waals surface area contributed by atoms with E-state index in [-0.39, 0.29) is 0 Å². The smallest absolute Gasteiger partial charge is 0.418 e. The van der Waals surface area contributed by atoms with E-state index in [4.69, 9.17) is 4.42 Å². The van der Waals surface area contributed by atoms with Gasteiger partial charge in [-0.05, 0) is 48.2 Å². The van der Waals surface area contributed by atoms with Crippen molar-refractivity contribution in [2.24, 2.45) is 0 Å². The van der Waals surface area contributed by atoms with Crippen LogP contribution in [0.1, 0.15) is 25.3 Å². The first kappa shape index (κ1) is 24.2. The molecule has 4 rings (SSSR count). The van der Waals surface area contributed by atoms with Crippen LogP contribution in [0.3, 0.4) is 0 Å². The van der Waals surface area contributed by atoms with Gasteiger partial charge in [-0.1, -0.05) is 74.0 Å². The Kier molecular flexibility index (Phi) is 8.42. The fourth-order valence-corrected chi connectivity index (χ4v) is 3.40. The lowest BCUT2D eigenvalue weighted by molar-refractivity contribution is 0.368. The molecule has 0 radical (unpaired) electrons. The maximum Gasteiger partial charge on any atom is 0.673 e. The van der Waals surface area contributed by atoms with Crippen molar-refractivity contribution in [3.63, 3.8) is 0 Å². The van der Waals surface area contributed by atoms with Gasteiger partial charge in [-0.3, -0.25) is 0 Å². The summed E-state index contributed by atoms with van der Waals surface area (Å²) in [7, 11) is -6.00. The Morgan fingerprint density at radius 2 is 1.06 bits per heavy atom. The molecule has 0 atom stereocenters. The van der Waals surface area contributed by atoms with E-state index in [0.29, 0.717) is 0 Å². The largest absolute Gasteiger partial charge is 0.673 e. The lowest BCUT2D eigenvalue weighted by Crippen LogP contribution is -2.02. The second-order valence-corrected chi connectivity index (χ2v) is 7.60. The quantitative estimate of drug-likeness (QED) is 0.161. The van der Waals surface area contributed by atoms with Gasteiger partial charge < -0.3 is 17.3 Å². The number of hydrogen-bond acceptors (Lipinski definition) is 0. The second-order valence-electron chi connectivity index (χ2n) is 7.60. The van der Waals surface area contributed by atoms with Crippen LogP contribution in [0.25, 0.3) is 33.8 Å². The van der Waals surface area contributed by atoms with Crippen LogP contribution in [0, 0.1) is 0 Å². The van der Waals surface area contributed by atoms with Crippen molar-refractivity contribution in [3.8, 4) is 33.8 Å². The molecular weight excluding hydrogens is 427 g/mol. The molecule has 1 heterocycles. The highest BCUT2D eigenvalue weighted by Gasteiger charge is 2.21. The summed E-state index contributed by atoms with van der Waals surface area (Å²) in [5.41, 5.74) is 5.95. The van der Waals surface area contributed by atoms with Gasteiger partial charge in [0.1, 0.15) is 0 Å². The van der Waals surface area contributed by atoms with Crippen LogP contribution < -0.4 is 0 Å². The molecule has 1 aromatic heterocycles. The summed E-state index contributed by atoms with van der Waals surface area (Å²) in [6.45, 7) is 2.23. The number of hydrogen-bond donors (Lipinski definition) is 0. The van der Waals surface area contributed by atoms with Crippen LogP contribution in [-0.2, 0) is 6.42 Å². The molecule has 0 saturated heterocycles. The average Bonchev–Trinajstić information content (AvgIpc) is 2.83. The molecule has 1 nitrogen and oxygen atoms in total. The zero-order valence-corrected chi connectivity index (χ0v) is 18.4. The predicted molar refractivity (Wildman–Crippen MR) is 128 cm³/mol. The highest BCUT2D eigenvalue weighted by atomic mass is 19.5. The Morgan fingerprint density at radius 3 is 1.48 bits per heavy atom. The first-order chi connectivity index (χ1) is 15.8. The molecule has 170 valence electrons. The van der Waals surface area contributed by atoms with Gasteiger partial charge in [0.15, 0.2) is 0 Å². The van der Waals surface area contributed by atoms with E-state index in [1.807, 2.05) is 36.4 Å². The number of unbranched alkanes of at least 4 members (excludes halogenated alkanes) is 1. The zero-order valence-electron chi connectivity index (χ0n) is 18.4. The minimum absolute atomic E-state index is 0.881. The van der Waals surface area contributed by atoms with Crippen LogP contribution in [0.2, 0.25) is 0 Å². The predicted octanol–water partition coefficient (Wildman–Crippen LogP) is 9.20. The van der Waals surface area contributed by atoms with Gasteiger partial charge in [0, 0.05) is 5.56 Å². The standard InChI is InChI=1S/C27H25O.BF4/c1-2-3-10-21-15-17-22(18-16-21)25-19-26(23-11-6-4-7-12-23)28-27(20-25)24-13-8-5-9-14-24;2-1(3,4)5/h4-9,11-20H,2-3,10H2,1H3;/q+1;-1. The Bertz CT molecular complexity index is 1060. The molecule has 33 heavy (non-hydrogen) atoms. The molecule has 0 bridgehead atoms. The number of aryl methyl sites for hydroxylation is 1. The SMILES string of the molecule is CCCCc1ccc(-c2cc(-c3ccccc3)[o+]c(-c3ccccc3)c2)cc1.F[B-](F)(F)F. The van der Waals surface area contributed by atoms with Gasteiger partial charge in [-0.25, -0.2) is 4.42 Å². The van der Waals surface area contributed by atoms with E-state index in [2.05, 4.69) is 67.6 Å². The summed E-state index contributed by atoms with van der Waals surface area (Å²) in [5.74, 6) is 1.76. The molecule has 0 aliphatic heterocycles. The molecular formula is C27H25BF4O. The van der Waals surface area contributed by atoms with Gasteiger partial charge in [0.25, 0.3) is 0 Å². The molecule has 0 N–H and O–H groups in total. The van der Waals surface area contributed by atoms with Crippen molar-refractivity contribution < 1.29 is 21.7 Å². The van der Waals surface area contributed by atoms with E-state index in [1.165, 1.54) is 29.5 Å². The Balaban J connectivity index is 0.000000555. The number of rotatable bonds is 6. The maximum absolute atomic E-state index is 9.75. The molecule has 0 amide bonds. The summed E-state index contributed by atoms with van der Waals surface area (Å²) < 4.78 is 45.3. The van der Waals surface area contributed by atoms with E-state index < -0.39 is 7.25 Å². The Labute approximate surface area is 191 Å². The highest BCUT2D eigenvalue weighted by Crippen LogP contribution is 2.33. The fourth-order valence-electron chi connectivity index (χ4n) is 3.40. The monoisotopic (exact) mass is 452 g/mol. The van der Waals surface area contributed by atoms with Crippen molar-refractivity contribution in [3.05, 3.63) is 103 Å². The molecule has 0 aliphatic rings. The molecule has 0 saturated carbocycles. The lowest BCUT2D eigenvalue weighted by atomic mass is 9.99. The first-order valence-electron chi connectivity index (χ1n) is 10.9. The van der Waals surface area contributed by atoms with Gasteiger partial charge >= 0.3 is 18.8 Å². The van der Waals surface area contributed by atoms with E-state index in [0.717, 1.165) is 29.1 Å². The van der Waals surface area contributed by atoms with Crippen molar-refractivity contribution in [2.45, 2.75) is 26.2 Å². The third-order valence-electron chi connectivity index (χ3n) is 5.02. The summed E-state index contributed by atoms with van der Waals surface area (Å²) in [6.07, 6.45) is 3.61. The molecule has 3 aromatic carbocycles. The first-order valence-corrected chi connectivity index (χ1v) is 10.9.